The highest BCUT2D eigenvalue weighted by atomic mass is 79.9. The molecule has 0 aliphatic carbocycles. The topological polar surface area (TPSA) is 35.5 Å². The Morgan fingerprint density at radius 1 is 1.62 bits per heavy atom. The zero-order valence-electron chi connectivity index (χ0n) is 8.63. The van der Waals surface area contributed by atoms with Gasteiger partial charge in [-0.1, -0.05) is 18.2 Å². The molecule has 0 aliphatic heterocycles. The van der Waals surface area contributed by atoms with Gasteiger partial charge in [0.1, 0.15) is 12.9 Å². The van der Waals surface area contributed by atoms with E-state index in [0.717, 1.165) is 6.29 Å². The van der Waals surface area contributed by atoms with Crippen LogP contribution in [0.3, 0.4) is 0 Å². The molecule has 0 N–H and O–H groups in total. The van der Waals surface area contributed by atoms with Gasteiger partial charge in [0.05, 0.1) is 11.6 Å². The fourth-order valence-corrected chi connectivity index (χ4v) is 1.73. The maximum atomic E-state index is 10.7. The number of benzene rings is 1. The predicted octanol–water partition coefficient (Wildman–Crippen LogP) is 3.40. The third-order valence-corrected chi connectivity index (χ3v) is 2.46. The first-order valence-electron chi connectivity index (χ1n) is 4.37. The Morgan fingerprint density at radius 3 is 2.81 bits per heavy atom. The monoisotopic (exact) mass is 304 g/mol. The molecule has 0 bridgehead atoms. The molecule has 1 rings (SSSR count). The highest BCUT2D eigenvalue weighted by molar-refractivity contribution is 9.10. The van der Waals surface area contributed by atoms with Crippen molar-refractivity contribution in [2.75, 3.05) is 13.7 Å². The van der Waals surface area contributed by atoms with Crippen molar-refractivity contribution in [1.82, 2.24) is 0 Å². The van der Waals surface area contributed by atoms with E-state index in [1.807, 2.05) is 0 Å². The SMILES string of the molecule is C=C(Cl)COc1c(Br)cc(C=O)cc1OC. The Morgan fingerprint density at radius 2 is 2.31 bits per heavy atom. The summed E-state index contributed by atoms with van der Waals surface area (Å²) in [4.78, 5) is 10.7. The number of rotatable bonds is 5. The molecule has 5 heteroatoms. The van der Waals surface area contributed by atoms with E-state index in [1.54, 1.807) is 12.1 Å². The van der Waals surface area contributed by atoms with Gasteiger partial charge in [-0.15, -0.1) is 0 Å². The number of hydrogen-bond donors (Lipinski definition) is 0. The molecule has 0 heterocycles. The molecule has 1 aromatic carbocycles. The summed E-state index contributed by atoms with van der Waals surface area (Å²) in [5.74, 6) is 0.962. The Kier molecular flexibility index (Phi) is 4.83. The van der Waals surface area contributed by atoms with E-state index in [-0.39, 0.29) is 6.61 Å². The van der Waals surface area contributed by atoms with Gasteiger partial charge in [-0.05, 0) is 28.1 Å². The number of carbonyl (C=O) groups is 1. The van der Waals surface area contributed by atoms with Gasteiger partial charge in [-0.2, -0.15) is 0 Å². The Hall–Kier alpha value is -1.00. The van der Waals surface area contributed by atoms with Crippen molar-refractivity contribution in [3.63, 3.8) is 0 Å². The number of aldehydes is 1. The Balaban J connectivity index is 3.06. The highest BCUT2D eigenvalue weighted by Gasteiger charge is 2.11. The molecule has 0 radical (unpaired) electrons. The average Bonchev–Trinajstić information content (AvgIpc) is 2.26. The lowest BCUT2D eigenvalue weighted by atomic mass is 10.2. The minimum Gasteiger partial charge on any atom is -0.493 e. The van der Waals surface area contributed by atoms with Crippen LogP contribution in [0.15, 0.2) is 28.2 Å². The van der Waals surface area contributed by atoms with Crippen LogP contribution in [0.4, 0.5) is 0 Å². The third kappa shape index (κ3) is 3.25. The van der Waals surface area contributed by atoms with Crippen LogP contribution in [0.1, 0.15) is 10.4 Å². The normalized spacial score (nSPS) is 9.69. The largest absolute Gasteiger partial charge is 0.493 e. The lowest BCUT2D eigenvalue weighted by Gasteiger charge is -2.12. The highest BCUT2D eigenvalue weighted by Crippen LogP contribution is 2.36. The van der Waals surface area contributed by atoms with Crippen molar-refractivity contribution in [3.8, 4) is 11.5 Å². The summed E-state index contributed by atoms with van der Waals surface area (Å²) in [7, 11) is 1.50. The van der Waals surface area contributed by atoms with Crippen LogP contribution in [-0.4, -0.2) is 20.0 Å². The van der Waals surface area contributed by atoms with Crippen LogP contribution >= 0.6 is 27.5 Å². The molecule has 16 heavy (non-hydrogen) atoms. The summed E-state index contributed by atoms with van der Waals surface area (Å²) in [5, 5.41) is 0.383. The minimum atomic E-state index is 0.178. The molecule has 3 nitrogen and oxygen atoms in total. The molecule has 0 fully saturated rings. The van der Waals surface area contributed by atoms with Gasteiger partial charge in [-0.25, -0.2) is 0 Å². The molecular formula is C11H10BrClO3. The molecule has 0 unspecified atom stereocenters. The average molecular weight is 306 g/mol. The lowest BCUT2D eigenvalue weighted by molar-refractivity contribution is 0.112. The maximum Gasteiger partial charge on any atom is 0.175 e. The van der Waals surface area contributed by atoms with Crippen LogP contribution in [0, 0.1) is 0 Å². The van der Waals surface area contributed by atoms with Crippen molar-refractivity contribution in [1.29, 1.82) is 0 Å². The van der Waals surface area contributed by atoms with Gasteiger partial charge in [0.2, 0.25) is 0 Å². The number of ether oxygens (including phenoxy) is 2. The van der Waals surface area contributed by atoms with Crippen molar-refractivity contribution in [2.45, 2.75) is 0 Å². The molecule has 1 aromatic rings. The minimum absolute atomic E-state index is 0.178. The third-order valence-electron chi connectivity index (χ3n) is 1.76. The van der Waals surface area contributed by atoms with E-state index in [2.05, 4.69) is 22.5 Å². The Bertz CT molecular complexity index is 418. The van der Waals surface area contributed by atoms with Gasteiger partial charge >= 0.3 is 0 Å². The molecule has 0 spiro atoms. The molecule has 0 amide bonds. The summed E-state index contributed by atoms with van der Waals surface area (Å²) in [6.45, 7) is 3.69. The smallest absolute Gasteiger partial charge is 0.175 e. The van der Waals surface area contributed by atoms with Gasteiger partial charge < -0.3 is 9.47 Å². The maximum absolute atomic E-state index is 10.7. The molecule has 0 aliphatic rings. The molecular weight excluding hydrogens is 295 g/mol. The van der Waals surface area contributed by atoms with Crippen molar-refractivity contribution in [2.24, 2.45) is 0 Å². The first kappa shape index (κ1) is 13.1. The fourth-order valence-electron chi connectivity index (χ4n) is 1.10. The first-order valence-corrected chi connectivity index (χ1v) is 5.54. The summed E-state index contributed by atoms with van der Waals surface area (Å²) >= 11 is 8.90. The van der Waals surface area contributed by atoms with E-state index in [0.29, 0.717) is 26.6 Å². The van der Waals surface area contributed by atoms with E-state index in [9.17, 15) is 4.79 Å². The quantitative estimate of drug-likeness (QED) is 0.782. The molecule has 0 aromatic heterocycles. The van der Waals surface area contributed by atoms with Crippen LogP contribution in [0.2, 0.25) is 0 Å². The molecule has 0 atom stereocenters. The van der Waals surface area contributed by atoms with E-state index in [4.69, 9.17) is 21.1 Å². The van der Waals surface area contributed by atoms with Gasteiger partial charge in [-0.3, -0.25) is 4.79 Å². The number of hydrogen-bond acceptors (Lipinski definition) is 3. The molecule has 0 saturated heterocycles. The van der Waals surface area contributed by atoms with Gasteiger partial charge in [0.15, 0.2) is 11.5 Å². The van der Waals surface area contributed by atoms with E-state index >= 15 is 0 Å². The van der Waals surface area contributed by atoms with Crippen LogP contribution in [0.25, 0.3) is 0 Å². The standard InChI is InChI=1S/C11H10BrClO3/c1-7(13)6-16-11-9(12)3-8(5-14)4-10(11)15-2/h3-5H,1,6H2,2H3. The summed E-state index contributed by atoms with van der Waals surface area (Å²) in [6.07, 6.45) is 0.734. The predicted molar refractivity (Wildman–Crippen MR) is 66.6 cm³/mol. The second-order valence-electron chi connectivity index (χ2n) is 2.96. The first-order chi connectivity index (χ1) is 7.58. The van der Waals surface area contributed by atoms with Gasteiger partial charge in [0.25, 0.3) is 0 Å². The summed E-state index contributed by atoms with van der Waals surface area (Å²) < 4.78 is 11.1. The second-order valence-corrected chi connectivity index (χ2v) is 4.35. The van der Waals surface area contributed by atoms with Gasteiger partial charge in [0, 0.05) is 10.6 Å². The van der Waals surface area contributed by atoms with Crippen molar-refractivity contribution < 1.29 is 14.3 Å². The van der Waals surface area contributed by atoms with Crippen molar-refractivity contribution >= 4 is 33.8 Å². The number of methoxy groups -OCH3 is 1. The van der Waals surface area contributed by atoms with Crippen LogP contribution in [-0.2, 0) is 0 Å². The Labute approximate surface area is 107 Å². The lowest BCUT2D eigenvalue weighted by Crippen LogP contribution is -2.00. The fraction of sp³-hybridized carbons (Fsp3) is 0.182. The zero-order valence-corrected chi connectivity index (χ0v) is 11.0. The summed E-state index contributed by atoms with van der Waals surface area (Å²) in [6, 6.07) is 3.23. The zero-order chi connectivity index (χ0) is 12.1. The molecule has 0 saturated carbocycles. The second kappa shape index (κ2) is 5.92. The number of carbonyl (C=O) groups excluding carboxylic acids is 1. The molecule has 86 valence electrons. The number of halogens is 2. The van der Waals surface area contributed by atoms with Crippen LogP contribution in [0.5, 0.6) is 11.5 Å². The van der Waals surface area contributed by atoms with E-state index in [1.165, 1.54) is 7.11 Å². The van der Waals surface area contributed by atoms with Crippen molar-refractivity contribution in [3.05, 3.63) is 33.8 Å². The summed E-state index contributed by atoms with van der Waals surface area (Å²) in [5.41, 5.74) is 0.501. The van der Waals surface area contributed by atoms with Crippen LogP contribution < -0.4 is 9.47 Å². The van der Waals surface area contributed by atoms with E-state index < -0.39 is 0 Å².